The molecule has 0 unspecified atom stereocenters. The maximum absolute atomic E-state index is 13.6. The summed E-state index contributed by atoms with van der Waals surface area (Å²) in [6.07, 6.45) is 0. The van der Waals surface area contributed by atoms with Gasteiger partial charge in [-0.15, -0.1) is 0 Å². The highest BCUT2D eigenvalue weighted by atomic mass is 35.5. The lowest BCUT2D eigenvalue weighted by molar-refractivity contribution is -0.115. The van der Waals surface area contributed by atoms with Crippen LogP contribution in [0.3, 0.4) is 0 Å². The normalized spacial score (nSPS) is 10.1. The van der Waals surface area contributed by atoms with Crippen molar-refractivity contribution in [1.29, 1.82) is 0 Å². The van der Waals surface area contributed by atoms with Gasteiger partial charge in [0.2, 0.25) is 5.91 Å². The SMILES string of the molecule is CCOc1ccccc1C(=O)NCC(=O)Nc1ccc(Cl)cc1F. The van der Waals surface area contributed by atoms with Gasteiger partial charge >= 0.3 is 0 Å². The summed E-state index contributed by atoms with van der Waals surface area (Å²) in [4.78, 5) is 24.0. The molecule has 0 aromatic heterocycles. The second kappa shape index (κ2) is 8.31. The topological polar surface area (TPSA) is 67.4 Å². The van der Waals surface area contributed by atoms with Crippen LogP contribution in [0.2, 0.25) is 5.02 Å². The summed E-state index contributed by atoms with van der Waals surface area (Å²) in [5.41, 5.74) is 0.318. The van der Waals surface area contributed by atoms with Gasteiger partial charge in [0.05, 0.1) is 24.4 Å². The Bertz CT molecular complexity index is 752. The number of hydrogen-bond acceptors (Lipinski definition) is 3. The van der Waals surface area contributed by atoms with Crippen LogP contribution < -0.4 is 15.4 Å². The van der Waals surface area contributed by atoms with Gasteiger partial charge < -0.3 is 15.4 Å². The Labute approximate surface area is 143 Å². The fraction of sp³-hybridized carbons (Fsp3) is 0.176. The first kappa shape index (κ1) is 17.7. The zero-order valence-corrected chi connectivity index (χ0v) is 13.7. The Morgan fingerprint density at radius 1 is 1.21 bits per heavy atom. The summed E-state index contributed by atoms with van der Waals surface area (Å²) in [5.74, 6) is -1.23. The quantitative estimate of drug-likeness (QED) is 0.840. The van der Waals surface area contributed by atoms with Gasteiger partial charge in [0.1, 0.15) is 11.6 Å². The lowest BCUT2D eigenvalue weighted by Gasteiger charge is -2.11. The summed E-state index contributed by atoms with van der Waals surface area (Å²) in [5, 5.41) is 5.06. The van der Waals surface area contributed by atoms with Crippen molar-refractivity contribution in [2.45, 2.75) is 6.92 Å². The number of benzene rings is 2. The minimum atomic E-state index is -0.649. The first-order chi connectivity index (χ1) is 11.5. The number of amides is 2. The lowest BCUT2D eigenvalue weighted by atomic mass is 10.2. The van der Waals surface area contributed by atoms with Gasteiger partial charge in [0.25, 0.3) is 5.91 Å². The minimum Gasteiger partial charge on any atom is -0.493 e. The molecule has 2 rings (SSSR count). The number of hydrogen-bond donors (Lipinski definition) is 2. The number of para-hydroxylation sites is 1. The average molecular weight is 351 g/mol. The van der Waals surface area contributed by atoms with Gasteiger partial charge in [-0.05, 0) is 37.3 Å². The zero-order valence-electron chi connectivity index (χ0n) is 12.9. The minimum absolute atomic E-state index is 0.00614. The monoisotopic (exact) mass is 350 g/mol. The number of rotatable bonds is 6. The highest BCUT2D eigenvalue weighted by molar-refractivity contribution is 6.30. The Morgan fingerprint density at radius 3 is 2.67 bits per heavy atom. The van der Waals surface area contributed by atoms with Crippen LogP contribution in [0.1, 0.15) is 17.3 Å². The van der Waals surface area contributed by atoms with Crippen LogP contribution in [0.5, 0.6) is 5.75 Å². The molecule has 126 valence electrons. The van der Waals surface area contributed by atoms with E-state index in [9.17, 15) is 14.0 Å². The third kappa shape index (κ3) is 4.70. The number of carbonyl (C=O) groups excluding carboxylic acids is 2. The summed E-state index contributed by atoms with van der Waals surface area (Å²) >= 11 is 5.64. The van der Waals surface area contributed by atoms with Gasteiger partial charge in [-0.25, -0.2) is 4.39 Å². The van der Waals surface area contributed by atoms with E-state index in [2.05, 4.69) is 10.6 Å². The van der Waals surface area contributed by atoms with Crippen LogP contribution in [0, 0.1) is 5.82 Å². The second-order valence-corrected chi connectivity index (χ2v) is 5.22. The van der Waals surface area contributed by atoms with Gasteiger partial charge in [-0.1, -0.05) is 23.7 Å². The molecule has 0 aliphatic heterocycles. The van der Waals surface area contributed by atoms with E-state index in [1.165, 1.54) is 12.1 Å². The van der Waals surface area contributed by atoms with Crippen LogP contribution in [0.15, 0.2) is 42.5 Å². The highest BCUT2D eigenvalue weighted by Gasteiger charge is 2.14. The van der Waals surface area contributed by atoms with Crippen molar-refractivity contribution in [3.63, 3.8) is 0 Å². The maximum atomic E-state index is 13.6. The van der Waals surface area contributed by atoms with Crippen molar-refractivity contribution in [2.75, 3.05) is 18.5 Å². The van der Waals surface area contributed by atoms with Crippen molar-refractivity contribution in [3.05, 3.63) is 58.9 Å². The smallest absolute Gasteiger partial charge is 0.255 e. The molecule has 2 aromatic rings. The van der Waals surface area contributed by atoms with Crippen LogP contribution in [0.4, 0.5) is 10.1 Å². The third-order valence-corrected chi connectivity index (χ3v) is 3.28. The van der Waals surface area contributed by atoms with E-state index in [0.29, 0.717) is 17.9 Å². The van der Waals surface area contributed by atoms with E-state index in [4.69, 9.17) is 16.3 Å². The molecular weight excluding hydrogens is 335 g/mol. The summed E-state index contributed by atoms with van der Waals surface area (Å²) in [7, 11) is 0. The first-order valence-electron chi connectivity index (χ1n) is 7.26. The Kier molecular flexibility index (Phi) is 6.14. The molecule has 7 heteroatoms. The van der Waals surface area contributed by atoms with Crippen LogP contribution in [-0.4, -0.2) is 25.0 Å². The van der Waals surface area contributed by atoms with Crippen LogP contribution in [-0.2, 0) is 4.79 Å². The van der Waals surface area contributed by atoms with E-state index >= 15 is 0 Å². The second-order valence-electron chi connectivity index (χ2n) is 4.78. The fourth-order valence-corrected chi connectivity index (χ4v) is 2.14. The molecule has 0 saturated carbocycles. The third-order valence-electron chi connectivity index (χ3n) is 3.05. The number of anilines is 1. The molecule has 0 aliphatic carbocycles. The molecule has 0 atom stereocenters. The Balaban J connectivity index is 1.95. The lowest BCUT2D eigenvalue weighted by Crippen LogP contribution is -2.33. The molecule has 0 radical (unpaired) electrons. The predicted octanol–water partition coefficient (Wildman–Crippen LogP) is 3.25. The Morgan fingerprint density at radius 2 is 1.96 bits per heavy atom. The molecule has 0 fully saturated rings. The molecule has 0 spiro atoms. The van der Waals surface area contributed by atoms with Gasteiger partial charge in [-0.2, -0.15) is 0 Å². The van der Waals surface area contributed by atoms with Crippen molar-refractivity contribution in [2.24, 2.45) is 0 Å². The Hall–Kier alpha value is -2.60. The van der Waals surface area contributed by atoms with E-state index in [0.717, 1.165) is 6.07 Å². The molecule has 0 aliphatic rings. The summed E-state index contributed by atoms with van der Waals surface area (Å²) in [6, 6.07) is 10.6. The fourth-order valence-electron chi connectivity index (χ4n) is 1.98. The number of carbonyl (C=O) groups is 2. The molecule has 0 bridgehead atoms. The van der Waals surface area contributed by atoms with Gasteiger partial charge in [0, 0.05) is 5.02 Å². The number of ether oxygens (including phenoxy) is 1. The van der Waals surface area contributed by atoms with E-state index < -0.39 is 17.6 Å². The molecule has 2 N–H and O–H groups in total. The molecule has 5 nitrogen and oxygen atoms in total. The van der Waals surface area contributed by atoms with Crippen LogP contribution >= 0.6 is 11.6 Å². The van der Waals surface area contributed by atoms with Crippen molar-refractivity contribution < 1.29 is 18.7 Å². The molecule has 2 aromatic carbocycles. The van der Waals surface area contributed by atoms with E-state index in [1.807, 2.05) is 6.92 Å². The molecular formula is C17H16ClFN2O3. The number of nitrogens with one attached hydrogen (secondary N) is 2. The summed E-state index contributed by atoms with van der Waals surface area (Å²) < 4.78 is 19.0. The zero-order chi connectivity index (χ0) is 17.5. The first-order valence-corrected chi connectivity index (χ1v) is 7.64. The van der Waals surface area contributed by atoms with Crippen LogP contribution in [0.25, 0.3) is 0 Å². The van der Waals surface area contributed by atoms with Gasteiger partial charge in [-0.3, -0.25) is 9.59 Å². The van der Waals surface area contributed by atoms with Gasteiger partial charge in [0.15, 0.2) is 0 Å². The molecule has 2 amide bonds. The van der Waals surface area contributed by atoms with Crippen molar-refractivity contribution in [3.8, 4) is 5.75 Å². The molecule has 0 saturated heterocycles. The average Bonchev–Trinajstić information content (AvgIpc) is 2.56. The van der Waals surface area contributed by atoms with Crippen molar-refractivity contribution in [1.82, 2.24) is 5.32 Å². The predicted molar refractivity (Wildman–Crippen MR) is 90.0 cm³/mol. The highest BCUT2D eigenvalue weighted by Crippen LogP contribution is 2.19. The number of halogens is 2. The maximum Gasteiger partial charge on any atom is 0.255 e. The van der Waals surface area contributed by atoms with Crippen molar-refractivity contribution >= 4 is 29.1 Å². The largest absolute Gasteiger partial charge is 0.493 e. The summed E-state index contributed by atoms with van der Waals surface area (Å²) in [6.45, 7) is 1.92. The van der Waals surface area contributed by atoms with E-state index in [1.54, 1.807) is 24.3 Å². The molecule has 0 heterocycles. The molecule has 24 heavy (non-hydrogen) atoms. The van der Waals surface area contributed by atoms with E-state index in [-0.39, 0.29) is 17.3 Å². The standard InChI is InChI=1S/C17H16ClFN2O3/c1-2-24-15-6-4-3-5-12(15)17(23)20-10-16(22)21-14-8-7-11(18)9-13(14)19/h3-9H,2,10H2,1H3,(H,20,23)(H,21,22).